The molecule has 18 heavy (non-hydrogen) atoms. The standard InChI is InChI=1S/C12H13Cl2NO3/c13-8-3-4-9(16)11(10(8)14)15-5-1-2-7(6-15)12(17)18/h3-4,7,16H,1-2,5-6H2,(H,17,18). The second-order valence-electron chi connectivity index (χ2n) is 4.35. The molecular weight excluding hydrogens is 277 g/mol. The van der Waals surface area contributed by atoms with Gasteiger partial charge in [-0.15, -0.1) is 0 Å². The molecule has 1 aromatic rings. The van der Waals surface area contributed by atoms with Crippen molar-refractivity contribution in [2.75, 3.05) is 18.0 Å². The zero-order valence-corrected chi connectivity index (χ0v) is 11.1. The largest absolute Gasteiger partial charge is 0.506 e. The molecule has 0 spiro atoms. The van der Waals surface area contributed by atoms with Crippen LogP contribution < -0.4 is 4.90 Å². The van der Waals surface area contributed by atoms with Gasteiger partial charge in [0.05, 0.1) is 21.7 Å². The van der Waals surface area contributed by atoms with Crippen molar-refractivity contribution >= 4 is 34.9 Å². The van der Waals surface area contributed by atoms with Gasteiger partial charge in [-0.1, -0.05) is 23.2 Å². The van der Waals surface area contributed by atoms with Crippen LogP contribution in [0.1, 0.15) is 12.8 Å². The number of carbonyl (C=O) groups is 1. The van der Waals surface area contributed by atoms with E-state index in [-0.39, 0.29) is 10.8 Å². The number of piperidine rings is 1. The second-order valence-corrected chi connectivity index (χ2v) is 5.14. The minimum Gasteiger partial charge on any atom is -0.506 e. The molecule has 0 saturated carbocycles. The number of anilines is 1. The lowest BCUT2D eigenvalue weighted by Gasteiger charge is -2.33. The van der Waals surface area contributed by atoms with Gasteiger partial charge < -0.3 is 15.1 Å². The third-order valence-corrected chi connectivity index (χ3v) is 3.93. The third-order valence-electron chi connectivity index (χ3n) is 3.13. The SMILES string of the molecule is O=C(O)C1CCCN(c2c(O)ccc(Cl)c2Cl)C1. The molecule has 1 saturated heterocycles. The molecule has 6 heteroatoms. The molecule has 2 rings (SSSR count). The molecule has 0 aliphatic carbocycles. The molecule has 1 aliphatic rings. The minimum atomic E-state index is -0.822. The fourth-order valence-electron chi connectivity index (χ4n) is 2.21. The van der Waals surface area contributed by atoms with Crippen molar-refractivity contribution in [3.05, 3.63) is 22.2 Å². The summed E-state index contributed by atoms with van der Waals surface area (Å²) in [7, 11) is 0. The summed E-state index contributed by atoms with van der Waals surface area (Å²) in [6.07, 6.45) is 1.39. The minimum absolute atomic E-state index is 0.0236. The van der Waals surface area contributed by atoms with Crippen LogP contribution in [0.2, 0.25) is 10.0 Å². The average Bonchev–Trinajstić information content (AvgIpc) is 2.35. The number of carboxylic acids is 1. The fraction of sp³-hybridized carbons (Fsp3) is 0.417. The van der Waals surface area contributed by atoms with Crippen molar-refractivity contribution in [2.45, 2.75) is 12.8 Å². The highest BCUT2D eigenvalue weighted by molar-refractivity contribution is 6.44. The third kappa shape index (κ3) is 2.49. The molecule has 1 heterocycles. The van der Waals surface area contributed by atoms with E-state index in [2.05, 4.69) is 0 Å². The van der Waals surface area contributed by atoms with E-state index in [1.54, 1.807) is 4.90 Å². The molecule has 0 amide bonds. The Balaban J connectivity index is 2.31. The molecule has 4 nitrogen and oxygen atoms in total. The van der Waals surface area contributed by atoms with E-state index in [0.717, 1.165) is 6.42 Å². The molecule has 2 N–H and O–H groups in total. The first-order chi connectivity index (χ1) is 8.50. The maximum Gasteiger partial charge on any atom is 0.308 e. The summed E-state index contributed by atoms with van der Waals surface area (Å²) >= 11 is 12.0. The molecule has 0 radical (unpaired) electrons. The Morgan fingerprint density at radius 1 is 1.39 bits per heavy atom. The van der Waals surface area contributed by atoms with E-state index in [1.165, 1.54) is 12.1 Å². The summed E-state index contributed by atoms with van der Waals surface area (Å²) < 4.78 is 0. The van der Waals surface area contributed by atoms with E-state index in [1.807, 2.05) is 0 Å². The quantitative estimate of drug-likeness (QED) is 0.879. The number of rotatable bonds is 2. The summed E-state index contributed by atoms with van der Waals surface area (Å²) in [5.41, 5.74) is 0.426. The highest BCUT2D eigenvalue weighted by atomic mass is 35.5. The van der Waals surface area contributed by atoms with Crippen LogP contribution in [0, 0.1) is 5.92 Å². The predicted octanol–water partition coefficient (Wildman–Crippen LogP) is 3.00. The van der Waals surface area contributed by atoms with E-state index < -0.39 is 11.9 Å². The van der Waals surface area contributed by atoms with Crippen LogP contribution in [0.15, 0.2) is 12.1 Å². The summed E-state index contributed by atoms with van der Waals surface area (Å²) in [5.74, 6) is -1.24. The zero-order chi connectivity index (χ0) is 13.3. The Bertz CT molecular complexity index is 479. The first kappa shape index (κ1) is 13.3. The smallest absolute Gasteiger partial charge is 0.308 e. The predicted molar refractivity (Wildman–Crippen MR) is 70.7 cm³/mol. The Labute approximate surface area is 115 Å². The van der Waals surface area contributed by atoms with Crippen molar-refractivity contribution < 1.29 is 15.0 Å². The molecule has 98 valence electrons. The van der Waals surface area contributed by atoms with Gasteiger partial charge in [0.2, 0.25) is 0 Å². The van der Waals surface area contributed by atoms with Crippen molar-refractivity contribution in [2.24, 2.45) is 5.92 Å². The zero-order valence-electron chi connectivity index (χ0n) is 9.57. The lowest BCUT2D eigenvalue weighted by atomic mass is 9.97. The van der Waals surface area contributed by atoms with E-state index >= 15 is 0 Å². The normalized spacial score (nSPS) is 19.9. The maximum absolute atomic E-state index is 11.0. The van der Waals surface area contributed by atoms with Crippen LogP contribution in [0.4, 0.5) is 5.69 Å². The van der Waals surface area contributed by atoms with Crippen LogP contribution in [0.25, 0.3) is 0 Å². The van der Waals surface area contributed by atoms with Gasteiger partial charge in [0.25, 0.3) is 0 Å². The maximum atomic E-state index is 11.0. The Morgan fingerprint density at radius 3 is 2.78 bits per heavy atom. The van der Waals surface area contributed by atoms with Gasteiger partial charge in [0.15, 0.2) is 0 Å². The van der Waals surface area contributed by atoms with Crippen LogP contribution in [-0.2, 0) is 4.79 Å². The number of carboxylic acid groups (broad SMARTS) is 1. The first-order valence-corrected chi connectivity index (χ1v) is 6.41. The molecule has 1 atom stereocenters. The number of hydrogen-bond acceptors (Lipinski definition) is 3. The van der Waals surface area contributed by atoms with Crippen molar-refractivity contribution in [3.8, 4) is 5.75 Å². The Hall–Kier alpha value is -1.13. The van der Waals surface area contributed by atoms with Gasteiger partial charge in [-0.05, 0) is 25.0 Å². The lowest BCUT2D eigenvalue weighted by molar-refractivity contribution is -0.141. The topological polar surface area (TPSA) is 60.8 Å². The number of phenolic OH excluding ortho intramolecular Hbond substituents is 1. The van der Waals surface area contributed by atoms with Gasteiger partial charge in [0.1, 0.15) is 5.75 Å². The summed E-state index contributed by atoms with van der Waals surface area (Å²) in [6, 6.07) is 2.98. The van der Waals surface area contributed by atoms with E-state index in [4.69, 9.17) is 28.3 Å². The van der Waals surface area contributed by atoms with E-state index in [9.17, 15) is 9.90 Å². The van der Waals surface area contributed by atoms with Crippen LogP contribution in [-0.4, -0.2) is 29.3 Å². The van der Waals surface area contributed by atoms with Crippen LogP contribution in [0.5, 0.6) is 5.75 Å². The molecule has 1 aliphatic heterocycles. The number of aliphatic carboxylic acids is 1. The second kappa shape index (κ2) is 5.24. The molecule has 0 bridgehead atoms. The highest BCUT2D eigenvalue weighted by Gasteiger charge is 2.28. The highest BCUT2D eigenvalue weighted by Crippen LogP contribution is 2.41. The molecule has 1 unspecified atom stereocenters. The van der Waals surface area contributed by atoms with E-state index in [0.29, 0.717) is 30.2 Å². The monoisotopic (exact) mass is 289 g/mol. The molecule has 1 fully saturated rings. The fourth-order valence-corrected chi connectivity index (χ4v) is 2.64. The number of benzene rings is 1. The van der Waals surface area contributed by atoms with Gasteiger partial charge in [0, 0.05) is 13.1 Å². The Morgan fingerprint density at radius 2 is 2.11 bits per heavy atom. The Kier molecular flexibility index (Phi) is 3.88. The van der Waals surface area contributed by atoms with Gasteiger partial charge >= 0.3 is 5.97 Å². The van der Waals surface area contributed by atoms with Gasteiger partial charge in [-0.25, -0.2) is 0 Å². The number of halogens is 2. The van der Waals surface area contributed by atoms with Crippen LogP contribution in [0.3, 0.4) is 0 Å². The summed E-state index contributed by atoms with van der Waals surface area (Å²) in [5, 5.41) is 19.5. The number of aromatic hydroxyl groups is 1. The van der Waals surface area contributed by atoms with Crippen molar-refractivity contribution in [3.63, 3.8) is 0 Å². The number of hydrogen-bond donors (Lipinski definition) is 2. The van der Waals surface area contributed by atoms with Crippen molar-refractivity contribution in [1.29, 1.82) is 0 Å². The summed E-state index contributed by atoms with van der Waals surface area (Å²) in [4.78, 5) is 12.8. The van der Waals surface area contributed by atoms with Crippen LogP contribution >= 0.6 is 23.2 Å². The first-order valence-electron chi connectivity index (χ1n) is 5.65. The molecule has 0 aromatic heterocycles. The number of nitrogens with zero attached hydrogens (tertiary/aromatic N) is 1. The van der Waals surface area contributed by atoms with Gasteiger partial charge in [-0.2, -0.15) is 0 Å². The summed E-state index contributed by atoms with van der Waals surface area (Å²) in [6.45, 7) is 1.00. The lowest BCUT2D eigenvalue weighted by Crippen LogP contribution is -2.38. The number of phenols is 1. The molecule has 1 aromatic carbocycles. The molecular formula is C12H13Cl2NO3. The van der Waals surface area contributed by atoms with Gasteiger partial charge in [-0.3, -0.25) is 4.79 Å². The van der Waals surface area contributed by atoms with Crippen molar-refractivity contribution in [1.82, 2.24) is 0 Å². The average molecular weight is 290 g/mol.